The van der Waals surface area contributed by atoms with Crippen molar-refractivity contribution >= 4 is 35.4 Å². The lowest BCUT2D eigenvalue weighted by atomic mass is 10.1. The highest BCUT2D eigenvalue weighted by Gasteiger charge is 2.33. The summed E-state index contributed by atoms with van der Waals surface area (Å²) < 4.78 is 15.7. The Bertz CT molecular complexity index is 1020. The van der Waals surface area contributed by atoms with Gasteiger partial charge in [-0.2, -0.15) is 0 Å². The molecule has 0 aliphatic carbocycles. The van der Waals surface area contributed by atoms with Crippen molar-refractivity contribution in [2.24, 2.45) is 0 Å². The van der Waals surface area contributed by atoms with Gasteiger partial charge in [0.2, 0.25) is 5.91 Å². The summed E-state index contributed by atoms with van der Waals surface area (Å²) in [4.78, 5) is 50.4. The Hall–Kier alpha value is -3.88. The van der Waals surface area contributed by atoms with Crippen molar-refractivity contribution in [3.8, 4) is 11.5 Å². The minimum atomic E-state index is -1.23. The summed E-state index contributed by atoms with van der Waals surface area (Å²) in [5.41, 5.74) is 0.860. The maximum absolute atomic E-state index is 12.9. The summed E-state index contributed by atoms with van der Waals surface area (Å²) in [6.45, 7) is 1.18. The van der Waals surface area contributed by atoms with Crippen LogP contribution in [0.2, 0.25) is 0 Å². The minimum absolute atomic E-state index is 0.0226. The van der Waals surface area contributed by atoms with Crippen molar-refractivity contribution in [1.82, 2.24) is 0 Å². The third-order valence-corrected chi connectivity index (χ3v) is 4.58. The van der Waals surface area contributed by atoms with Crippen LogP contribution in [0.4, 0.5) is 11.4 Å². The number of fused-ring (bicyclic) bond motifs is 1. The molecule has 0 unspecified atom stereocenters. The van der Waals surface area contributed by atoms with Crippen molar-refractivity contribution < 1.29 is 33.4 Å². The molecule has 2 aromatic carbocycles. The van der Waals surface area contributed by atoms with Crippen molar-refractivity contribution in [3.05, 3.63) is 47.5 Å². The fourth-order valence-corrected chi connectivity index (χ4v) is 3.17. The van der Waals surface area contributed by atoms with Crippen LogP contribution in [0.1, 0.15) is 27.6 Å². The molecule has 0 aromatic heterocycles. The molecule has 30 heavy (non-hydrogen) atoms. The van der Waals surface area contributed by atoms with E-state index in [0.717, 1.165) is 0 Å². The first kappa shape index (κ1) is 20.8. The van der Waals surface area contributed by atoms with Crippen LogP contribution >= 0.6 is 0 Å². The van der Waals surface area contributed by atoms with Gasteiger partial charge in [-0.15, -0.1) is 0 Å². The first-order valence-electron chi connectivity index (χ1n) is 9.02. The number of esters is 1. The van der Waals surface area contributed by atoms with E-state index in [2.05, 4.69) is 5.32 Å². The van der Waals surface area contributed by atoms with E-state index in [9.17, 15) is 19.2 Å². The molecule has 3 rings (SSSR count). The van der Waals surface area contributed by atoms with Crippen LogP contribution in [-0.2, 0) is 14.3 Å². The zero-order valence-corrected chi connectivity index (χ0v) is 16.6. The lowest BCUT2D eigenvalue weighted by Crippen LogP contribution is -2.47. The zero-order valence-electron chi connectivity index (χ0n) is 16.6. The molecule has 156 valence electrons. The molecular weight excluding hydrogens is 392 g/mol. The summed E-state index contributed by atoms with van der Waals surface area (Å²) in [5, 5.41) is 2.68. The number of carbonyl (C=O) groups is 4. The summed E-state index contributed by atoms with van der Waals surface area (Å²) in [6.07, 6.45) is -0.747. The highest BCUT2D eigenvalue weighted by atomic mass is 16.6. The Kier molecular flexibility index (Phi) is 6.01. The normalized spacial score (nSPS) is 13.6. The Labute approximate surface area is 172 Å². The lowest BCUT2D eigenvalue weighted by molar-refractivity contribution is -0.128. The number of nitrogens with zero attached hydrogens (tertiary/aromatic N) is 1. The Morgan fingerprint density at radius 3 is 2.53 bits per heavy atom. The molecular formula is C21H20N2O7. The first-order chi connectivity index (χ1) is 14.4. The standard InChI is InChI=1S/C21H20N2O7/c1-12(20(26)23-10-17(25)22-14-6-4-5-7-15(14)23)30-21(27)18-13(11-24)8-9-16(28-2)19(18)29-3/h4-9,11-12H,10H2,1-3H3,(H,22,25)/t12-/m0/s1. The Morgan fingerprint density at radius 2 is 1.87 bits per heavy atom. The Balaban J connectivity index is 1.87. The molecule has 9 nitrogen and oxygen atoms in total. The molecule has 1 heterocycles. The second-order valence-electron chi connectivity index (χ2n) is 6.42. The van der Waals surface area contributed by atoms with Gasteiger partial charge < -0.3 is 19.5 Å². The summed E-state index contributed by atoms with van der Waals surface area (Å²) >= 11 is 0. The van der Waals surface area contributed by atoms with Crippen LogP contribution in [0.5, 0.6) is 11.5 Å². The molecule has 2 aromatic rings. The van der Waals surface area contributed by atoms with Crippen LogP contribution in [0.15, 0.2) is 36.4 Å². The van der Waals surface area contributed by atoms with E-state index in [1.807, 2.05) is 0 Å². The second-order valence-corrected chi connectivity index (χ2v) is 6.42. The van der Waals surface area contributed by atoms with Gasteiger partial charge >= 0.3 is 5.97 Å². The topological polar surface area (TPSA) is 111 Å². The maximum Gasteiger partial charge on any atom is 0.343 e. The van der Waals surface area contributed by atoms with Crippen molar-refractivity contribution in [3.63, 3.8) is 0 Å². The quantitative estimate of drug-likeness (QED) is 0.571. The van der Waals surface area contributed by atoms with Gasteiger partial charge in [-0.3, -0.25) is 19.3 Å². The van der Waals surface area contributed by atoms with Crippen LogP contribution in [0.25, 0.3) is 0 Å². The number of aldehydes is 1. The van der Waals surface area contributed by atoms with E-state index in [1.54, 1.807) is 24.3 Å². The van der Waals surface area contributed by atoms with Gasteiger partial charge in [0.1, 0.15) is 12.1 Å². The molecule has 0 saturated carbocycles. The number of nitrogens with one attached hydrogen (secondary N) is 1. The van der Waals surface area contributed by atoms with Crippen LogP contribution in [0.3, 0.4) is 0 Å². The van der Waals surface area contributed by atoms with Gasteiger partial charge in [0, 0.05) is 5.56 Å². The number of hydrogen-bond acceptors (Lipinski definition) is 7. The number of carbonyl (C=O) groups excluding carboxylic acids is 4. The van der Waals surface area contributed by atoms with Gasteiger partial charge in [-0.1, -0.05) is 12.1 Å². The summed E-state index contributed by atoms with van der Waals surface area (Å²) in [5.74, 6) is -1.62. The highest BCUT2D eigenvalue weighted by molar-refractivity contribution is 6.11. The van der Waals surface area contributed by atoms with Gasteiger partial charge in [0.15, 0.2) is 23.9 Å². The molecule has 0 radical (unpaired) electrons. The molecule has 2 amide bonds. The average molecular weight is 412 g/mol. The van der Waals surface area contributed by atoms with Gasteiger partial charge in [0.05, 0.1) is 25.6 Å². The van der Waals surface area contributed by atoms with Crippen molar-refractivity contribution in [2.75, 3.05) is 31.0 Å². The average Bonchev–Trinajstić information content (AvgIpc) is 2.76. The molecule has 1 aliphatic rings. The molecule has 0 bridgehead atoms. The molecule has 0 saturated heterocycles. The van der Waals surface area contributed by atoms with E-state index >= 15 is 0 Å². The number of anilines is 2. The monoisotopic (exact) mass is 412 g/mol. The number of rotatable bonds is 6. The van der Waals surface area contributed by atoms with E-state index in [-0.39, 0.29) is 35.1 Å². The zero-order chi connectivity index (χ0) is 21.8. The minimum Gasteiger partial charge on any atom is -0.493 e. The third kappa shape index (κ3) is 3.82. The first-order valence-corrected chi connectivity index (χ1v) is 9.02. The number of ether oxygens (including phenoxy) is 3. The number of para-hydroxylation sites is 2. The van der Waals surface area contributed by atoms with Crippen LogP contribution in [0, 0.1) is 0 Å². The van der Waals surface area contributed by atoms with Gasteiger partial charge in [0.25, 0.3) is 5.91 Å². The number of amides is 2. The molecule has 9 heteroatoms. The SMILES string of the molecule is COc1ccc(C=O)c(C(=O)O[C@@H](C)C(=O)N2CC(=O)Nc3ccccc32)c1OC. The van der Waals surface area contributed by atoms with E-state index < -0.39 is 18.0 Å². The molecule has 0 spiro atoms. The van der Waals surface area contributed by atoms with Gasteiger partial charge in [-0.25, -0.2) is 4.79 Å². The van der Waals surface area contributed by atoms with E-state index in [4.69, 9.17) is 14.2 Å². The number of methoxy groups -OCH3 is 2. The second kappa shape index (κ2) is 8.64. The third-order valence-electron chi connectivity index (χ3n) is 4.58. The predicted octanol–water partition coefficient (Wildman–Crippen LogP) is 2.05. The molecule has 1 N–H and O–H groups in total. The summed E-state index contributed by atoms with van der Waals surface area (Å²) in [7, 11) is 2.71. The van der Waals surface area contributed by atoms with Gasteiger partial charge in [-0.05, 0) is 31.2 Å². The van der Waals surface area contributed by atoms with E-state index in [1.165, 1.54) is 38.2 Å². The molecule has 0 fully saturated rings. The highest BCUT2D eigenvalue weighted by Crippen LogP contribution is 2.34. The van der Waals surface area contributed by atoms with Crippen LogP contribution < -0.4 is 19.7 Å². The smallest absolute Gasteiger partial charge is 0.343 e. The number of benzene rings is 2. The maximum atomic E-state index is 12.9. The summed E-state index contributed by atoms with van der Waals surface area (Å²) in [6, 6.07) is 9.68. The fraction of sp³-hybridized carbons (Fsp3) is 0.238. The predicted molar refractivity (Wildman–Crippen MR) is 107 cm³/mol. The van der Waals surface area contributed by atoms with Crippen LogP contribution in [-0.4, -0.2) is 50.9 Å². The van der Waals surface area contributed by atoms with E-state index in [0.29, 0.717) is 17.7 Å². The molecule has 1 aliphatic heterocycles. The largest absolute Gasteiger partial charge is 0.493 e. The van der Waals surface area contributed by atoms with Crippen molar-refractivity contribution in [1.29, 1.82) is 0 Å². The lowest BCUT2D eigenvalue weighted by Gasteiger charge is -2.30. The molecule has 1 atom stereocenters. The number of hydrogen-bond donors (Lipinski definition) is 1. The Morgan fingerprint density at radius 1 is 1.13 bits per heavy atom. The van der Waals surface area contributed by atoms with Crippen molar-refractivity contribution in [2.45, 2.75) is 13.0 Å². The fourth-order valence-electron chi connectivity index (χ4n) is 3.17.